The lowest BCUT2D eigenvalue weighted by molar-refractivity contribution is 0.284. The largest absolute Gasteiger partial charge is 0.497 e. The minimum absolute atomic E-state index is 0.114. The van der Waals surface area contributed by atoms with Crippen LogP contribution < -0.4 is 15.2 Å². The molecule has 0 aliphatic carbocycles. The summed E-state index contributed by atoms with van der Waals surface area (Å²) in [4.78, 5) is 0. The molecule has 2 aromatic rings. The molecule has 2 N–H and O–H groups in total. The van der Waals surface area contributed by atoms with E-state index in [0.717, 1.165) is 23.0 Å². The molecule has 1 aromatic heterocycles. The van der Waals surface area contributed by atoms with E-state index in [-0.39, 0.29) is 6.04 Å². The van der Waals surface area contributed by atoms with E-state index in [1.807, 2.05) is 43.7 Å². The lowest BCUT2D eigenvalue weighted by Gasteiger charge is -2.15. The quantitative estimate of drug-likeness (QED) is 0.900. The van der Waals surface area contributed by atoms with Gasteiger partial charge in [-0.2, -0.15) is 0 Å². The van der Waals surface area contributed by atoms with Gasteiger partial charge in [-0.3, -0.25) is 0 Å². The van der Waals surface area contributed by atoms with E-state index in [1.165, 1.54) is 0 Å². The van der Waals surface area contributed by atoms with Gasteiger partial charge in [-0.15, -0.1) is 10.2 Å². The van der Waals surface area contributed by atoms with Gasteiger partial charge in [0, 0.05) is 24.7 Å². The molecule has 0 amide bonds. The van der Waals surface area contributed by atoms with Crippen molar-refractivity contribution < 1.29 is 9.47 Å². The predicted octanol–water partition coefficient (Wildman–Crippen LogP) is 1.73. The van der Waals surface area contributed by atoms with E-state index >= 15 is 0 Å². The van der Waals surface area contributed by atoms with Gasteiger partial charge in [-0.05, 0) is 19.9 Å². The Hall–Kier alpha value is -2.08. The molecule has 0 aliphatic heterocycles. The molecule has 0 radical (unpaired) electrons. The van der Waals surface area contributed by atoms with Crippen molar-refractivity contribution in [2.75, 3.05) is 7.11 Å². The highest BCUT2D eigenvalue weighted by molar-refractivity contribution is 5.42. The zero-order valence-corrected chi connectivity index (χ0v) is 12.3. The fraction of sp³-hybridized carbons (Fsp3) is 0.429. The van der Waals surface area contributed by atoms with Crippen LogP contribution in [0, 0.1) is 6.92 Å². The summed E-state index contributed by atoms with van der Waals surface area (Å²) in [6, 6.07) is 5.51. The average Bonchev–Trinajstić information content (AvgIpc) is 2.76. The highest BCUT2D eigenvalue weighted by atomic mass is 16.5. The Labute approximate surface area is 118 Å². The topological polar surface area (TPSA) is 75.2 Å². The van der Waals surface area contributed by atoms with Gasteiger partial charge in [0.25, 0.3) is 0 Å². The van der Waals surface area contributed by atoms with Crippen molar-refractivity contribution in [2.45, 2.75) is 26.5 Å². The number of hydrogen-bond acceptors (Lipinski definition) is 5. The van der Waals surface area contributed by atoms with Crippen molar-refractivity contribution >= 4 is 0 Å². The maximum atomic E-state index is 5.96. The normalized spacial score (nSPS) is 12.2. The maximum absolute atomic E-state index is 5.96. The van der Waals surface area contributed by atoms with E-state index < -0.39 is 0 Å². The molecule has 0 saturated carbocycles. The van der Waals surface area contributed by atoms with E-state index in [0.29, 0.717) is 12.4 Å². The number of hydrogen-bond donors (Lipinski definition) is 1. The molecule has 20 heavy (non-hydrogen) atoms. The summed E-state index contributed by atoms with van der Waals surface area (Å²) in [5, 5.41) is 8.08. The third kappa shape index (κ3) is 2.91. The first-order valence-electron chi connectivity index (χ1n) is 6.44. The van der Waals surface area contributed by atoms with Crippen LogP contribution in [0.5, 0.6) is 11.5 Å². The lowest BCUT2D eigenvalue weighted by atomic mass is 10.1. The van der Waals surface area contributed by atoms with Gasteiger partial charge >= 0.3 is 0 Å². The summed E-state index contributed by atoms with van der Waals surface area (Å²) in [5.41, 5.74) is 6.89. The zero-order valence-electron chi connectivity index (χ0n) is 12.3. The number of rotatable bonds is 5. The standard InChI is InChI=1S/C14H20N4O2/c1-9(15)12-6-5-11(19-4)7-13(12)20-8-14-17-16-10(2)18(14)3/h5-7,9H,8,15H2,1-4H3/t9-/m0/s1. The fourth-order valence-electron chi connectivity index (χ4n) is 1.86. The average molecular weight is 276 g/mol. The molecule has 0 spiro atoms. The van der Waals surface area contributed by atoms with Crippen LogP contribution in [0.1, 0.15) is 30.2 Å². The third-order valence-corrected chi connectivity index (χ3v) is 3.25. The highest BCUT2D eigenvalue weighted by Crippen LogP contribution is 2.29. The Morgan fingerprint density at radius 3 is 2.65 bits per heavy atom. The van der Waals surface area contributed by atoms with Crippen LogP contribution in [-0.4, -0.2) is 21.9 Å². The van der Waals surface area contributed by atoms with E-state index in [2.05, 4.69) is 10.2 Å². The second kappa shape index (κ2) is 5.92. The van der Waals surface area contributed by atoms with Crippen molar-refractivity contribution in [2.24, 2.45) is 12.8 Å². The summed E-state index contributed by atoms with van der Waals surface area (Å²) in [7, 11) is 3.53. The molecule has 2 rings (SSSR count). The summed E-state index contributed by atoms with van der Waals surface area (Å²) in [6.07, 6.45) is 0. The maximum Gasteiger partial charge on any atom is 0.170 e. The Morgan fingerprint density at radius 2 is 2.10 bits per heavy atom. The number of methoxy groups -OCH3 is 1. The number of nitrogens with two attached hydrogens (primary N) is 1. The monoisotopic (exact) mass is 276 g/mol. The molecule has 0 bridgehead atoms. The minimum Gasteiger partial charge on any atom is -0.497 e. The van der Waals surface area contributed by atoms with E-state index in [4.69, 9.17) is 15.2 Å². The first-order valence-corrected chi connectivity index (χ1v) is 6.44. The van der Waals surface area contributed by atoms with Crippen LogP contribution in [0.15, 0.2) is 18.2 Å². The Morgan fingerprint density at radius 1 is 1.35 bits per heavy atom. The summed E-state index contributed by atoms with van der Waals surface area (Å²) < 4.78 is 12.9. The molecule has 0 unspecified atom stereocenters. The molecule has 1 heterocycles. The van der Waals surface area contributed by atoms with Crippen LogP contribution in [0.4, 0.5) is 0 Å². The van der Waals surface area contributed by atoms with Crippen LogP contribution in [0.2, 0.25) is 0 Å². The zero-order chi connectivity index (χ0) is 14.7. The van der Waals surface area contributed by atoms with Crippen molar-refractivity contribution in [1.29, 1.82) is 0 Å². The molecule has 1 atom stereocenters. The third-order valence-electron chi connectivity index (χ3n) is 3.25. The minimum atomic E-state index is -0.114. The van der Waals surface area contributed by atoms with Crippen molar-refractivity contribution in [3.8, 4) is 11.5 Å². The number of benzene rings is 1. The van der Waals surface area contributed by atoms with Gasteiger partial charge in [0.2, 0.25) is 0 Å². The molecule has 108 valence electrons. The van der Waals surface area contributed by atoms with Gasteiger partial charge in [-0.25, -0.2) is 0 Å². The van der Waals surface area contributed by atoms with Gasteiger partial charge in [0.05, 0.1) is 7.11 Å². The predicted molar refractivity (Wildman–Crippen MR) is 75.7 cm³/mol. The molecule has 6 heteroatoms. The van der Waals surface area contributed by atoms with Crippen molar-refractivity contribution in [1.82, 2.24) is 14.8 Å². The van der Waals surface area contributed by atoms with Crippen LogP contribution in [0.25, 0.3) is 0 Å². The lowest BCUT2D eigenvalue weighted by Crippen LogP contribution is -2.10. The van der Waals surface area contributed by atoms with Crippen molar-refractivity contribution in [3.05, 3.63) is 35.4 Å². The molecule has 0 aliphatic rings. The summed E-state index contributed by atoms with van der Waals surface area (Å²) >= 11 is 0. The highest BCUT2D eigenvalue weighted by Gasteiger charge is 2.12. The molecular formula is C14H20N4O2. The molecular weight excluding hydrogens is 256 g/mol. The smallest absolute Gasteiger partial charge is 0.170 e. The van der Waals surface area contributed by atoms with E-state index in [1.54, 1.807) is 7.11 Å². The number of nitrogens with zero attached hydrogens (tertiary/aromatic N) is 3. The van der Waals surface area contributed by atoms with Crippen LogP contribution >= 0.6 is 0 Å². The van der Waals surface area contributed by atoms with Gasteiger partial charge in [0.1, 0.15) is 23.9 Å². The summed E-state index contributed by atoms with van der Waals surface area (Å²) in [6.45, 7) is 4.15. The van der Waals surface area contributed by atoms with E-state index in [9.17, 15) is 0 Å². The van der Waals surface area contributed by atoms with Gasteiger partial charge in [0.15, 0.2) is 5.82 Å². The van der Waals surface area contributed by atoms with Gasteiger partial charge < -0.3 is 19.8 Å². The molecule has 0 fully saturated rings. The molecule has 0 saturated heterocycles. The first kappa shape index (κ1) is 14.3. The summed E-state index contributed by atoms with van der Waals surface area (Å²) in [5.74, 6) is 3.06. The SMILES string of the molecule is COc1ccc([C@H](C)N)c(OCc2nnc(C)n2C)c1. The molecule has 6 nitrogen and oxygen atoms in total. The van der Waals surface area contributed by atoms with Crippen LogP contribution in [-0.2, 0) is 13.7 Å². The molecule has 1 aromatic carbocycles. The number of aromatic nitrogens is 3. The Bertz CT molecular complexity index is 593. The Balaban J connectivity index is 2.21. The van der Waals surface area contributed by atoms with Crippen LogP contribution in [0.3, 0.4) is 0 Å². The van der Waals surface area contributed by atoms with Crippen molar-refractivity contribution in [3.63, 3.8) is 0 Å². The Kier molecular flexibility index (Phi) is 4.24. The fourth-order valence-corrected chi connectivity index (χ4v) is 1.86. The van der Waals surface area contributed by atoms with Gasteiger partial charge in [-0.1, -0.05) is 6.07 Å². The second-order valence-electron chi connectivity index (χ2n) is 4.70. The first-order chi connectivity index (χ1) is 9.52. The number of ether oxygens (including phenoxy) is 2. The number of aryl methyl sites for hydroxylation is 1. The second-order valence-corrected chi connectivity index (χ2v) is 4.70.